The van der Waals surface area contributed by atoms with Crippen LogP contribution in [0.3, 0.4) is 0 Å². The van der Waals surface area contributed by atoms with Gasteiger partial charge in [0.1, 0.15) is 17.9 Å². The lowest BCUT2D eigenvalue weighted by atomic mass is 10.0. The number of thiophene rings is 1. The summed E-state index contributed by atoms with van der Waals surface area (Å²) in [5.74, 6) is 0.183. The van der Waals surface area contributed by atoms with E-state index in [1.54, 1.807) is 18.4 Å². The van der Waals surface area contributed by atoms with Crippen LogP contribution in [0.2, 0.25) is 0 Å². The molecule has 0 spiro atoms. The summed E-state index contributed by atoms with van der Waals surface area (Å²) in [5, 5.41) is 10.7. The molecule has 0 bridgehead atoms. The molecule has 174 valence electrons. The minimum absolute atomic E-state index is 0.0329. The summed E-state index contributed by atoms with van der Waals surface area (Å²) in [7, 11) is 0. The number of thiazole rings is 1. The van der Waals surface area contributed by atoms with Crippen molar-refractivity contribution in [3.05, 3.63) is 78.2 Å². The number of carbonyl (C=O) groups is 1. The van der Waals surface area contributed by atoms with Crippen LogP contribution in [0, 0.1) is 18.5 Å². The third-order valence-corrected chi connectivity index (χ3v) is 8.44. The van der Waals surface area contributed by atoms with E-state index in [4.69, 9.17) is 14.7 Å². The second-order valence-electron chi connectivity index (χ2n) is 7.08. The number of carbonyl (C=O) groups excluding carboxylic acids is 1. The predicted molar refractivity (Wildman–Crippen MR) is 148 cm³/mol. The molecule has 3 heterocycles. The van der Waals surface area contributed by atoms with E-state index in [1.807, 2.05) is 41.8 Å². The van der Waals surface area contributed by atoms with Gasteiger partial charge >= 0.3 is 5.97 Å². The van der Waals surface area contributed by atoms with Gasteiger partial charge in [-0.05, 0) is 94.2 Å². The minimum atomic E-state index is -0.584. The number of benzene rings is 1. The van der Waals surface area contributed by atoms with E-state index >= 15 is 0 Å². The number of ether oxygens (including phenoxy) is 2. The summed E-state index contributed by atoms with van der Waals surface area (Å²) < 4.78 is 14.6. The standard InChI is InChI=1S/C23H17I2N3O4S2/c1-3-31-22(30)18-12(2)27-23-28(19(18)16-5-4-8-33-16)21(29)17(34-23)11-13-9-14(24)20(15(25)10-13)32-7-6-26/h4-5,8-11,19H,3,7H2,1-2H3/b17-11-/t19-/m0/s1. The molecule has 1 aliphatic heterocycles. The van der Waals surface area contributed by atoms with Gasteiger partial charge in [-0.15, -0.1) is 11.3 Å². The van der Waals surface area contributed by atoms with E-state index in [9.17, 15) is 9.59 Å². The van der Waals surface area contributed by atoms with Crippen LogP contribution in [-0.4, -0.2) is 23.8 Å². The lowest BCUT2D eigenvalue weighted by molar-refractivity contribution is -0.139. The topological polar surface area (TPSA) is 93.7 Å². The molecule has 0 unspecified atom stereocenters. The van der Waals surface area contributed by atoms with Crippen molar-refractivity contribution < 1.29 is 14.3 Å². The van der Waals surface area contributed by atoms with Gasteiger partial charge in [-0.25, -0.2) is 9.79 Å². The largest absolute Gasteiger partial charge is 0.477 e. The van der Waals surface area contributed by atoms with Crippen LogP contribution in [0.1, 0.15) is 30.3 Å². The van der Waals surface area contributed by atoms with Gasteiger partial charge in [0.05, 0.1) is 29.5 Å². The average molecular weight is 717 g/mol. The average Bonchev–Trinajstić information content (AvgIpc) is 3.41. The number of hydrogen-bond acceptors (Lipinski definition) is 8. The number of nitrogens with zero attached hydrogens (tertiary/aromatic N) is 3. The number of halogens is 2. The van der Waals surface area contributed by atoms with Crippen LogP contribution >= 0.6 is 67.9 Å². The van der Waals surface area contributed by atoms with Crippen molar-refractivity contribution in [2.75, 3.05) is 13.2 Å². The summed E-state index contributed by atoms with van der Waals surface area (Å²) in [6.07, 6.45) is 1.82. The van der Waals surface area contributed by atoms with Crippen LogP contribution in [-0.2, 0) is 9.53 Å². The van der Waals surface area contributed by atoms with Crippen molar-refractivity contribution in [1.29, 1.82) is 5.26 Å². The monoisotopic (exact) mass is 717 g/mol. The molecular formula is C23H17I2N3O4S2. The third-order valence-electron chi connectivity index (χ3n) is 4.93. The first-order valence-corrected chi connectivity index (χ1v) is 13.9. The fourth-order valence-electron chi connectivity index (χ4n) is 3.56. The number of rotatable bonds is 6. The Bertz CT molecular complexity index is 1490. The fourth-order valence-corrected chi connectivity index (χ4v) is 7.56. The van der Waals surface area contributed by atoms with Gasteiger partial charge in [-0.2, -0.15) is 5.26 Å². The number of esters is 1. The van der Waals surface area contributed by atoms with Gasteiger partial charge < -0.3 is 9.47 Å². The summed E-state index contributed by atoms with van der Waals surface area (Å²) in [6, 6.07) is 9.00. The van der Waals surface area contributed by atoms with Crippen LogP contribution in [0.25, 0.3) is 6.08 Å². The molecule has 34 heavy (non-hydrogen) atoms. The predicted octanol–water partition coefficient (Wildman–Crippen LogP) is 3.97. The number of hydrogen-bond donors (Lipinski definition) is 0. The molecule has 7 nitrogen and oxygen atoms in total. The molecule has 0 radical (unpaired) electrons. The first kappa shape index (κ1) is 25.1. The lowest BCUT2D eigenvalue weighted by Gasteiger charge is -2.23. The van der Waals surface area contributed by atoms with E-state index < -0.39 is 12.0 Å². The Morgan fingerprint density at radius 2 is 2.09 bits per heavy atom. The molecule has 11 heteroatoms. The van der Waals surface area contributed by atoms with Crippen LogP contribution in [0.15, 0.2) is 50.7 Å². The Morgan fingerprint density at radius 3 is 2.71 bits per heavy atom. The number of nitriles is 1. The SMILES string of the molecule is CCOC(=O)C1=C(C)N=c2s/c(=C\c3cc(I)c(OCC#N)c(I)c3)c(=O)n2[C@H]1c1cccs1. The Morgan fingerprint density at radius 1 is 1.35 bits per heavy atom. The highest BCUT2D eigenvalue weighted by atomic mass is 127. The van der Waals surface area contributed by atoms with Gasteiger partial charge in [0.2, 0.25) is 0 Å². The van der Waals surface area contributed by atoms with E-state index in [0.717, 1.165) is 17.6 Å². The highest BCUT2D eigenvalue weighted by molar-refractivity contribution is 14.1. The molecule has 0 fully saturated rings. The highest BCUT2D eigenvalue weighted by Crippen LogP contribution is 2.33. The number of aromatic nitrogens is 1. The van der Waals surface area contributed by atoms with Gasteiger partial charge in [-0.1, -0.05) is 17.4 Å². The molecule has 0 aliphatic carbocycles. The van der Waals surface area contributed by atoms with Crippen molar-refractivity contribution in [3.8, 4) is 11.8 Å². The lowest BCUT2D eigenvalue weighted by Crippen LogP contribution is -2.39. The Balaban J connectivity index is 1.87. The maximum atomic E-state index is 13.6. The normalized spacial score (nSPS) is 15.5. The number of allylic oxidation sites excluding steroid dienone is 1. The Hall–Kier alpha value is -2.02. The van der Waals surface area contributed by atoms with Gasteiger partial charge in [0.15, 0.2) is 11.4 Å². The van der Waals surface area contributed by atoms with Gasteiger partial charge in [0.25, 0.3) is 5.56 Å². The van der Waals surface area contributed by atoms with Crippen molar-refractivity contribution in [1.82, 2.24) is 4.57 Å². The molecule has 0 N–H and O–H groups in total. The molecule has 2 aromatic heterocycles. The molecule has 1 aromatic carbocycles. The van der Waals surface area contributed by atoms with Gasteiger partial charge in [0, 0.05) is 4.88 Å². The van der Waals surface area contributed by atoms with Crippen LogP contribution < -0.4 is 19.6 Å². The maximum Gasteiger partial charge on any atom is 0.338 e. The van der Waals surface area contributed by atoms with Crippen molar-refractivity contribution >= 4 is 79.9 Å². The molecule has 3 aromatic rings. The second kappa shape index (κ2) is 10.7. The first-order chi connectivity index (χ1) is 16.3. The number of fused-ring (bicyclic) bond motifs is 1. The zero-order chi connectivity index (χ0) is 24.4. The highest BCUT2D eigenvalue weighted by Gasteiger charge is 2.33. The van der Waals surface area contributed by atoms with Crippen molar-refractivity contribution in [2.45, 2.75) is 19.9 Å². The van der Waals surface area contributed by atoms with Crippen LogP contribution in [0.5, 0.6) is 5.75 Å². The summed E-state index contributed by atoms with van der Waals surface area (Å²) in [5.41, 5.74) is 1.54. The zero-order valence-electron chi connectivity index (χ0n) is 18.0. The molecule has 0 amide bonds. The fraction of sp³-hybridized carbons (Fsp3) is 0.217. The van der Waals surface area contributed by atoms with E-state index in [2.05, 4.69) is 50.2 Å². The molecular weight excluding hydrogens is 700 g/mol. The van der Waals surface area contributed by atoms with E-state index in [0.29, 0.717) is 26.4 Å². The molecule has 0 saturated heterocycles. The molecule has 0 saturated carbocycles. The summed E-state index contributed by atoms with van der Waals surface area (Å²) >= 11 is 7.08. The summed E-state index contributed by atoms with van der Waals surface area (Å²) in [6.45, 7) is 3.73. The Labute approximate surface area is 230 Å². The third kappa shape index (κ3) is 4.86. The van der Waals surface area contributed by atoms with Crippen molar-refractivity contribution in [2.24, 2.45) is 4.99 Å². The van der Waals surface area contributed by atoms with E-state index in [1.165, 1.54) is 22.7 Å². The Kier molecular flexibility index (Phi) is 7.90. The molecule has 1 aliphatic rings. The maximum absolute atomic E-state index is 13.6. The second-order valence-corrected chi connectivity index (χ2v) is 11.4. The minimum Gasteiger partial charge on any atom is -0.477 e. The first-order valence-electron chi connectivity index (χ1n) is 10.1. The smallest absolute Gasteiger partial charge is 0.338 e. The quantitative estimate of drug-likeness (QED) is 0.285. The molecule has 1 atom stereocenters. The van der Waals surface area contributed by atoms with Crippen LogP contribution in [0.4, 0.5) is 0 Å². The molecule has 4 rings (SSSR count). The van der Waals surface area contributed by atoms with Gasteiger partial charge in [-0.3, -0.25) is 9.36 Å². The van der Waals surface area contributed by atoms with E-state index in [-0.39, 0.29) is 18.8 Å². The zero-order valence-corrected chi connectivity index (χ0v) is 24.0. The summed E-state index contributed by atoms with van der Waals surface area (Å²) in [4.78, 5) is 32.4. The van der Waals surface area contributed by atoms with Crippen molar-refractivity contribution in [3.63, 3.8) is 0 Å².